The van der Waals surface area contributed by atoms with Crippen LogP contribution in [0.4, 0.5) is 0 Å². The molecule has 0 aliphatic rings. The summed E-state index contributed by atoms with van der Waals surface area (Å²) in [6.45, 7) is 4.70. The van der Waals surface area contributed by atoms with Crippen LogP contribution >= 0.6 is 7.82 Å². The summed E-state index contributed by atoms with van der Waals surface area (Å²) in [5, 5.41) is 13.7. The van der Waals surface area contributed by atoms with Crippen molar-refractivity contribution in [2.75, 3.05) is 40.9 Å². The average molecular weight is 796 g/mol. The van der Waals surface area contributed by atoms with Crippen molar-refractivity contribution in [2.45, 2.75) is 199 Å². The second-order valence-electron chi connectivity index (χ2n) is 16.4. The molecule has 0 spiro atoms. The number of aliphatic hydroxyl groups excluding tert-OH is 1. The zero-order valence-electron chi connectivity index (χ0n) is 36.4. The lowest BCUT2D eigenvalue weighted by atomic mass is 10.0. The number of carbonyl (C=O) groups excluding carboxylic acids is 1. The van der Waals surface area contributed by atoms with Gasteiger partial charge in [-0.3, -0.25) is 13.8 Å². The average Bonchev–Trinajstić information content (AvgIpc) is 3.13. The molecular formula is C46H88N2O6P+. The number of allylic oxidation sites excluding steroid dienone is 7. The number of likely N-dealkylation sites (N-methyl/N-ethyl adjacent to an activating group) is 1. The Labute approximate surface area is 339 Å². The highest BCUT2D eigenvalue weighted by molar-refractivity contribution is 7.47. The fourth-order valence-electron chi connectivity index (χ4n) is 6.13. The van der Waals surface area contributed by atoms with Crippen molar-refractivity contribution in [1.82, 2.24) is 5.32 Å². The van der Waals surface area contributed by atoms with Crippen LogP contribution in [0.3, 0.4) is 0 Å². The summed E-state index contributed by atoms with van der Waals surface area (Å²) in [5.41, 5.74) is 0. The van der Waals surface area contributed by atoms with E-state index in [9.17, 15) is 19.4 Å². The summed E-state index contributed by atoms with van der Waals surface area (Å²) in [6.07, 6.45) is 47.7. The number of phosphoric ester groups is 1. The van der Waals surface area contributed by atoms with Crippen LogP contribution in [-0.4, -0.2) is 73.4 Å². The maximum atomic E-state index is 12.8. The number of carbonyl (C=O) groups is 1. The van der Waals surface area contributed by atoms with Gasteiger partial charge in [0.25, 0.3) is 0 Å². The molecule has 0 aliphatic carbocycles. The lowest BCUT2D eigenvalue weighted by molar-refractivity contribution is -0.870. The number of hydrogen-bond acceptors (Lipinski definition) is 5. The van der Waals surface area contributed by atoms with E-state index < -0.39 is 20.0 Å². The minimum atomic E-state index is -4.35. The molecule has 0 aromatic heterocycles. The molecule has 0 heterocycles. The number of quaternary nitrogens is 1. The molecule has 55 heavy (non-hydrogen) atoms. The first-order chi connectivity index (χ1) is 26.5. The Hall–Kier alpha value is -1.54. The highest BCUT2D eigenvalue weighted by Crippen LogP contribution is 2.43. The van der Waals surface area contributed by atoms with Gasteiger partial charge in [-0.05, 0) is 64.2 Å². The van der Waals surface area contributed by atoms with Crippen molar-refractivity contribution in [3.05, 3.63) is 48.6 Å². The van der Waals surface area contributed by atoms with Crippen molar-refractivity contribution < 1.29 is 32.9 Å². The van der Waals surface area contributed by atoms with Crippen LogP contribution in [-0.2, 0) is 18.4 Å². The van der Waals surface area contributed by atoms with E-state index in [-0.39, 0.29) is 19.1 Å². The zero-order chi connectivity index (χ0) is 40.7. The van der Waals surface area contributed by atoms with E-state index >= 15 is 0 Å². The quantitative estimate of drug-likeness (QED) is 0.0247. The largest absolute Gasteiger partial charge is 0.472 e. The number of nitrogens with one attached hydrogen (secondary N) is 1. The van der Waals surface area contributed by atoms with Gasteiger partial charge in [0.1, 0.15) is 13.2 Å². The minimum Gasteiger partial charge on any atom is -0.387 e. The predicted molar refractivity (Wildman–Crippen MR) is 235 cm³/mol. The molecular weight excluding hydrogens is 707 g/mol. The summed E-state index contributed by atoms with van der Waals surface area (Å²) in [7, 11) is 1.54. The van der Waals surface area contributed by atoms with Gasteiger partial charge < -0.3 is 19.8 Å². The molecule has 0 aliphatic heterocycles. The number of phosphoric acid groups is 1. The van der Waals surface area contributed by atoms with Crippen LogP contribution in [0.25, 0.3) is 0 Å². The fraction of sp³-hybridized carbons (Fsp3) is 0.804. The first kappa shape index (κ1) is 53.5. The third-order valence-electron chi connectivity index (χ3n) is 9.73. The van der Waals surface area contributed by atoms with Crippen LogP contribution in [0.5, 0.6) is 0 Å². The topological polar surface area (TPSA) is 105 Å². The highest BCUT2D eigenvalue weighted by Gasteiger charge is 2.27. The molecule has 0 saturated heterocycles. The molecule has 3 atom stereocenters. The predicted octanol–water partition coefficient (Wildman–Crippen LogP) is 12.5. The molecule has 3 unspecified atom stereocenters. The third kappa shape index (κ3) is 40.5. The summed E-state index contributed by atoms with van der Waals surface area (Å²) in [6, 6.07) is -0.870. The molecule has 0 saturated carbocycles. The molecule has 3 N–H and O–H groups in total. The van der Waals surface area contributed by atoms with Gasteiger partial charge in [0, 0.05) is 6.42 Å². The Kier molecular flexibility index (Phi) is 36.9. The Balaban J connectivity index is 4.33. The van der Waals surface area contributed by atoms with Crippen molar-refractivity contribution in [3.8, 4) is 0 Å². The van der Waals surface area contributed by atoms with E-state index in [1.54, 1.807) is 6.08 Å². The molecule has 0 rings (SSSR count). The molecule has 1 amide bonds. The Morgan fingerprint density at radius 2 is 1.04 bits per heavy atom. The van der Waals surface area contributed by atoms with Gasteiger partial charge in [-0.2, -0.15) is 0 Å². The molecule has 0 aromatic carbocycles. The van der Waals surface area contributed by atoms with Crippen LogP contribution in [0.15, 0.2) is 48.6 Å². The smallest absolute Gasteiger partial charge is 0.387 e. The summed E-state index contributed by atoms with van der Waals surface area (Å²) < 4.78 is 23.5. The standard InChI is InChI=1S/C46H87N2O6P/c1-6-8-10-12-14-16-18-19-20-21-22-23-24-25-26-27-28-30-32-34-36-38-40-46(50)47-44(43-54-55(51,52)53-42-41-48(3,4)5)45(49)39-37-35-33-31-29-17-15-13-11-9-7-2/h11,13,24-25,29,31,37,39,44-45,49H,6-10,12,14-23,26-28,30,32-36,38,40-43H2,1-5H3,(H-,47,50,51,52)/p+1/b13-11+,25-24-,31-29+,39-37+. The number of unbranched alkanes of at least 4 members (excludes halogenated alkanes) is 21. The molecule has 0 fully saturated rings. The monoisotopic (exact) mass is 796 g/mol. The molecule has 0 radical (unpaired) electrons. The molecule has 0 aromatic rings. The number of amides is 1. The summed E-state index contributed by atoms with van der Waals surface area (Å²) in [5.74, 6) is -0.198. The van der Waals surface area contributed by atoms with Crippen LogP contribution in [0, 0.1) is 0 Å². The zero-order valence-corrected chi connectivity index (χ0v) is 37.3. The second-order valence-corrected chi connectivity index (χ2v) is 17.9. The molecule has 8 nitrogen and oxygen atoms in total. The van der Waals surface area contributed by atoms with E-state index in [0.717, 1.165) is 51.4 Å². The van der Waals surface area contributed by atoms with Gasteiger partial charge in [-0.15, -0.1) is 0 Å². The Bertz CT molecular complexity index is 1040. The number of hydrogen-bond donors (Lipinski definition) is 3. The van der Waals surface area contributed by atoms with Crippen LogP contribution in [0.2, 0.25) is 0 Å². The maximum absolute atomic E-state index is 12.8. The fourth-order valence-corrected chi connectivity index (χ4v) is 6.87. The summed E-state index contributed by atoms with van der Waals surface area (Å²) >= 11 is 0. The number of rotatable bonds is 40. The van der Waals surface area contributed by atoms with Gasteiger partial charge in [0.05, 0.1) is 39.9 Å². The van der Waals surface area contributed by atoms with Crippen molar-refractivity contribution in [3.63, 3.8) is 0 Å². The van der Waals surface area contributed by atoms with Gasteiger partial charge in [-0.25, -0.2) is 4.57 Å². The first-order valence-electron chi connectivity index (χ1n) is 22.5. The highest BCUT2D eigenvalue weighted by atomic mass is 31.2. The van der Waals surface area contributed by atoms with E-state index in [1.807, 2.05) is 27.2 Å². The van der Waals surface area contributed by atoms with E-state index in [0.29, 0.717) is 17.4 Å². The molecule has 322 valence electrons. The van der Waals surface area contributed by atoms with Crippen molar-refractivity contribution in [2.24, 2.45) is 0 Å². The lowest BCUT2D eigenvalue weighted by Crippen LogP contribution is -2.45. The van der Waals surface area contributed by atoms with Gasteiger partial charge in [0.15, 0.2) is 0 Å². The van der Waals surface area contributed by atoms with Gasteiger partial charge >= 0.3 is 7.82 Å². The van der Waals surface area contributed by atoms with Crippen molar-refractivity contribution >= 4 is 13.7 Å². The van der Waals surface area contributed by atoms with E-state index in [4.69, 9.17) is 9.05 Å². The van der Waals surface area contributed by atoms with Gasteiger partial charge in [-0.1, -0.05) is 165 Å². The van der Waals surface area contributed by atoms with Crippen LogP contribution in [0.1, 0.15) is 187 Å². The Morgan fingerprint density at radius 1 is 0.600 bits per heavy atom. The van der Waals surface area contributed by atoms with Crippen LogP contribution < -0.4 is 5.32 Å². The number of aliphatic hydroxyl groups is 1. The van der Waals surface area contributed by atoms with Gasteiger partial charge in [0.2, 0.25) is 5.91 Å². The number of nitrogens with zero attached hydrogens (tertiary/aromatic N) is 1. The summed E-state index contributed by atoms with van der Waals surface area (Å²) in [4.78, 5) is 23.1. The normalized spacial score (nSPS) is 14.8. The first-order valence-corrected chi connectivity index (χ1v) is 24.0. The van der Waals surface area contributed by atoms with Crippen molar-refractivity contribution in [1.29, 1.82) is 0 Å². The maximum Gasteiger partial charge on any atom is 0.472 e. The molecule has 9 heteroatoms. The molecule has 0 bridgehead atoms. The van der Waals surface area contributed by atoms with E-state index in [2.05, 4.69) is 55.6 Å². The lowest BCUT2D eigenvalue weighted by Gasteiger charge is -2.25. The van der Waals surface area contributed by atoms with E-state index in [1.165, 1.54) is 116 Å². The second kappa shape index (κ2) is 38.0. The third-order valence-corrected chi connectivity index (χ3v) is 10.7. The minimum absolute atomic E-state index is 0.0514. The SMILES string of the molecule is CCC/C=C/CC/C=C/CC/C=C/C(O)C(COP(=O)(O)OCC[N+](C)(C)C)NC(=O)CCCCCCCCC/C=C\CCCCCCCCCCCCC. The Morgan fingerprint density at radius 3 is 1.53 bits per heavy atom.